The van der Waals surface area contributed by atoms with Crippen LogP contribution in [-0.4, -0.2) is 16.1 Å². The zero-order chi connectivity index (χ0) is 44.8. The second-order valence-corrected chi connectivity index (χ2v) is 29.0. The molecule has 2 aliphatic carbocycles. The number of benzene rings is 10. The van der Waals surface area contributed by atoms with Crippen LogP contribution in [0.5, 0.6) is 0 Å². The first-order chi connectivity index (χ1) is 32.7. The van der Waals surface area contributed by atoms with Crippen molar-refractivity contribution < 1.29 is 0 Å². The quantitative estimate of drug-likeness (QED) is 0.155. The van der Waals surface area contributed by atoms with Crippen LogP contribution in [0.2, 0.25) is 26.2 Å². The predicted octanol–water partition coefficient (Wildman–Crippen LogP) is 14.3. The van der Waals surface area contributed by atoms with Gasteiger partial charge < -0.3 is 0 Å². The Kier molecular flexibility index (Phi) is 8.03. The standard InChI is InChI=1S/C65H48Si2/c1-66(2)61-19-11-7-15-53(61)55-37-45(31-35-63(55)66)41-21-25-43(26-22-41)47-29-33-51-52-34-30-48(40-60(52)65(59(51)39-47)57-17-9-5-13-49(57)50-14-6-10-18-58(50)65)44-27-23-42(24-28-44)46-32-36-64-56(38-46)54-16-8-12-20-62(54)67(64,3)4/h5-40H,1-4H3. The van der Waals surface area contributed by atoms with Crippen molar-refractivity contribution in [3.8, 4) is 89.0 Å². The molecular formula is C65H48Si2. The molecule has 14 rings (SSSR count). The van der Waals surface area contributed by atoms with E-state index in [0.29, 0.717) is 0 Å². The largest absolute Gasteiger partial charge is 0.113 e. The number of hydrogen-bond acceptors (Lipinski definition) is 0. The zero-order valence-electron chi connectivity index (χ0n) is 38.3. The highest BCUT2D eigenvalue weighted by atomic mass is 28.3. The van der Waals surface area contributed by atoms with Gasteiger partial charge in [0.05, 0.1) is 5.41 Å². The summed E-state index contributed by atoms with van der Waals surface area (Å²) in [5.41, 5.74) is 26.0. The van der Waals surface area contributed by atoms with Crippen LogP contribution in [0, 0.1) is 0 Å². The molecule has 2 heteroatoms. The summed E-state index contributed by atoms with van der Waals surface area (Å²) >= 11 is 0. The average Bonchev–Trinajstić information content (AvgIpc) is 4.01. The molecule has 4 aliphatic rings. The second-order valence-electron chi connectivity index (χ2n) is 20.4. The zero-order valence-corrected chi connectivity index (χ0v) is 40.3. The van der Waals surface area contributed by atoms with Crippen LogP contribution >= 0.6 is 0 Å². The van der Waals surface area contributed by atoms with Gasteiger partial charge in [-0.05, 0) is 156 Å². The van der Waals surface area contributed by atoms with Crippen molar-refractivity contribution in [1.82, 2.24) is 0 Å². The van der Waals surface area contributed by atoms with Crippen LogP contribution in [0.1, 0.15) is 22.3 Å². The van der Waals surface area contributed by atoms with Gasteiger partial charge in [-0.2, -0.15) is 0 Å². The topological polar surface area (TPSA) is 0 Å². The molecule has 0 radical (unpaired) electrons. The lowest BCUT2D eigenvalue weighted by molar-refractivity contribution is 0.794. The van der Waals surface area contributed by atoms with E-state index in [0.717, 1.165) is 0 Å². The number of hydrogen-bond donors (Lipinski definition) is 0. The molecular weight excluding hydrogens is 837 g/mol. The van der Waals surface area contributed by atoms with Crippen molar-refractivity contribution in [2.45, 2.75) is 31.6 Å². The third-order valence-corrected chi connectivity index (χ3v) is 23.5. The molecule has 10 aromatic carbocycles. The molecule has 1 spiro atoms. The maximum Gasteiger partial charge on any atom is 0.113 e. The molecule has 2 aliphatic heterocycles. The van der Waals surface area contributed by atoms with Gasteiger partial charge in [-0.3, -0.25) is 0 Å². The first kappa shape index (κ1) is 38.9. The smallest absolute Gasteiger partial charge is 0.0623 e. The van der Waals surface area contributed by atoms with Crippen molar-refractivity contribution in [2.75, 3.05) is 0 Å². The fraction of sp³-hybridized carbons (Fsp3) is 0.0769. The van der Waals surface area contributed by atoms with Gasteiger partial charge in [0.15, 0.2) is 0 Å². The van der Waals surface area contributed by atoms with Gasteiger partial charge in [-0.15, -0.1) is 0 Å². The van der Waals surface area contributed by atoms with E-state index in [4.69, 9.17) is 0 Å². The van der Waals surface area contributed by atoms with Crippen LogP contribution in [0.25, 0.3) is 89.0 Å². The van der Waals surface area contributed by atoms with E-state index in [-0.39, 0.29) is 0 Å². The third-order valence-electron chi connectivity index (χ3n) is 16.4. The lowest BCUT2D eigenvalue weighted by Crippen LogP contribution is -2.49. The molecule has 0 N–H and O–H groups in total. The van der Waals surface area contributed by atoms with Crippen LogP contribution < -0.4 is 20.7 Å². The van der Waals surface area contributed by atoms with Crippen LogP contribution in [0.15, 0.2) is 218 Å². The fourth-order valence-corrected chi connectivity index (χ4v) is 19.2. The Balaban J connectivity index is 0.855. The van der Waals surface area contributed by atoms with Gasteiger partial charge in [0.2, 0.25) is 0 Å². The number of fused-ring (bicyclic) bond motifs is 16. The first-order valence-electron chi connectivity index (χ1n) is 23.9. The molecule has 316 valence electrons. The summed E-state index contributed by atoms with van der Waals surface area (Å²) in [7, 11) is -3.39. The van der Waals surface area contributed by atoms with Gasteiger partial charge in [0.1, 0.15) is 16.1 Å². The van der Waals surface area contributed by atoms with E-state index >= 15 is 0 Å². The van der Waals surface area contributed by atoms with Gasteiger partial charge in [0, 0.05) is 0 Å². The highest BCUT2D eigenvalue weighted by Gasteiger charge is 2.52. The van der Waals surface area contributed by atoms with E-state index in [9.17, 15) is 0 Å². The normalized spacial score (nSPS) is 15.2. The van der Waals surface area contributed by atoms with Crippen LogP contribution in [0.4, 0.5) is 0 Å². The molecule has 0 aromatic heterocycles. The summed E-state index contributed by atoms with van der Waals surface area (Å²) in [6.45, 7) is 9.95. The monoisotopic (exact) mass is 884 g/mol. The Bertz CT molecular complexity index is 3490. The summed E-state index contributed by atoms with van der Waals surface area (Å²) in [6, 6.07) is 83.9. The van der Waals surface area contributed by atoms with Crippen LogP contribution in [-0.2, 0) is 5.41 Å². The van der Waals surface area contributed by atoms with E-state index in [1.54, 1.807) is 20.7 Å². The first-order valence-corrected chi connectivity index (χ1v) is 29.9. The van der Waals surface area contributed by atoms with Gasteiger partial charge >= 0.3 is 0 Å². The Hall–Kier alpha value is -7.37. The molecule has 0 saturated heterocycles. The maximum atomic E-state index is 2.51. The third kappa shape index (κ3) is 5.29. The van der Waals surface area contributed by atoms with Gasteiger partial charge in [-0.25, -0.2) is 0 Å². The fourth-order valence-electron chi connectivity index (χ4n) is 13.0. The van der Waals surface area contributed by atoms with Crippen molar-refractivity contribution >= 4 is 36.9 Å². The van der Waals surface area contributed by atoms with Crippen molar-refractivity contribution in [3.63, 3.8) is 0 Å². The lowest BCUT2D eigenvalue weighted by atomic mass is 9.70. The van der Waals surface area contributed by atoms with E-state index in [1.807, 2.05) is 0 Å². The summed E-state index contributed by atoms with van der Waals surface area (Å²) in [5, 5.41) is 6.19. The molecule has 0 nitrogen and oxygen atoms in total. The van der Waals surface area contributed by atoms with Crippen molar-refractivity contribution in [3.05, 3.63) is 241 Å². The minimum absolute atomic E-state index is 0.445. The van der Waals surface area contributed by atoms with Crippen LogP contribution in [0.3, 0.4) is 0 Å². The average molecular weight is 885 g/mol. The molecule has 0 atom stereocenters. The summed E-state index contributed by atoms with van der Waals surface area (Å²) < 4.78 is 0. The van der Waals surface area contributed by atoms with Gasteiger partial charge in [-0.1, -0.05) is 220 Å². The van der Waals surface area contributed by atoms with Gasteiger partial charge in [0.25, 0.3) is 0 Å². The predicted molar refractivity (Wildman–Crippen MR) is 289 cm³/mol. The molecule has 10 aromatic rings. The van der Waals surface area contributed by atoms with E-state index in [1.165, 1.54) is 111 Å². The summed E-state index contributed by atoms with van der Waals surface area (Å²) in [4.78, 5) is 0. The molecule has 0 bridgehead atoms. The molecule has 2 heterocycles. The summed E-state index contributed by atoms with van der Waals surface area (Å²) in [5.74, 6) is 0. The Morgan fingerprint density at radius 2 is 0.507 bits per heavy atom. The molecule has 0 unspecified atom stereocenters. The Morgan fingerprint density at radius 3 is 0.910 bits per heavy atom. The lowest BCUT2D eigenvalue weighted by Gasteiger charge is -2.31. The molecule has 0 fully saturated rings. The SMILES string of the molecule is C[Si]1(C)c2ccccc2-c2cc(-c3ccc(-c4ccc5c(c4)C4(c6ccccc6-c6ccccc64)c4cc(-c6ccc(-c7ccc8c(c7)-c7ccccc7[Si]8(C)C)cc6)ccc4-5)cc3)ccc21. The Morgan fingerprint density at radius 1 is 0.224 bits per heavy atom. The highest BCUT2D eigenvalue weighted by molar-refractivity contribution is 7.04. The minimum atomic E-state index is -1.70. The van der Waals surface area contributed by atoms with Crippen molar-refractivity contribution in [1.29, 1.82) is 0 Å². The Labute approximate surface area is 396 Å². The highest BCUT2D eigenvalue weighted by Crippen LogP contribution is 2.63. The molecule has 67 heavy (non-hydrogen) atoms. The minimum Gasteiger partial charge on any atom is -0.0623 e. The molecule has 0 saturated carbocycles. The number of rotatable bonds is 4. The van der Waals surface area contributed by atoms with E-state index < -0.39 is 21.6 Å². The maximum absolute atomic E-state index is 2.51. The van der Waals surface area contributed by atoms with E-state index in [2.05, 4.69) is 245 Å². The molecule has 0 amide bonds. The summed E-state index contributed by atoms with van der Waals surface area (Å²) in [6.07, 6.45) is 0. The van der Waals surface area contributed by atoms with Crippen molar-refractivity contribution in [2.24, 2.45) is 0 Å². The second kappa shape index (κ2) is 13.8.